The Morgan fingerprint density at radius 3 is 2.27 bits per heavy atom. The predicted octanol–water partition coefficient (Wildman–Crippen LogP) is 4.98. The van der Waals surface area contributed by atoms with Crippen LogP contribution >= 0.6 is 0 Å². The van der Waals surface area contributed by atoms with E-state index in [1.54, 1.807) is 0 Å². The molecule has 122 valence electrons. The number of ether oxygens (including phenoxy) is 1. The Morgan fingerprint density at radius 1 is 1.00 bits per heavy atom. The first-order chi connectivity index (χ1) is 10.8. The van der Waals surface area contributed by atoms with E-state index in [-0.39, 0.29) is 0 Å². The molecule has 0 unspecified atom stereocenters. The van der Waals surface area contributed by atoms with Crippen molar-refractivity contribution in [3.63, 3.8) is 0 Å². The smallest absolute Gasteiger partial charge is 0.127 e. The topological polar surface area (TPSA) is 12.5 Å². The van der Waals surface area contributed by atoms with E-state index < -0.39 is 0 Å². The van der Waals surface area contributed by atoms with Gasteiger partial charge in [0.1, 0.15) is 5.75 Å². The highest BCUT2D eigenvalue weighted by atomic mass is 16.5. The largest absolute Gasteiger partial charge is 0.493 e. The number of hydrogen-bond donors (Lipinski definition) is 0. The summed E-state index contributed by atoms with van der Waals surface area (Å²) in [6.07, 6.45) is 4.95. The molecule has 0 aromatic rings. The van der Waals surface area contributed by atoms with Crippen molar-refractivity contribution in [1.29, 1.82) is 0 Å². The van der Waals surface area contributed by atoms with Crippen LogP contribution in [0.1, 0.15) is 53.4 Å². The maximum atomic E-state index is 5.30. The molecule has 0 amide bonds. The molecule has 0 radical (unpaired) electrons. The second kappa shape index (κ2) is 11.2. The molecule has 2 rings (SSSR count). The normalized spacial score (nSPS) is 10.4. The predicted molar refractivity (Wildman–Crippen MR) is 96.3 cm³/mol. The molecule has 0 bridgehead atoms. The molecule has 2 heteroatoms. The number of rotatable bonds is 8. The first-order valence-corrected chi connectivity index (χ1v) is 8.72. The molecule has 0 saturated heterocycles. The quantitative estimate of drug-likeness (QED) is 0.504. The van der Waals surface area contributed by atoms with Crippen LogP contribution in [0.5, 0.6) is 5.75 Å². The second-order valence-electron chi connectivity index (χ2n) is 5.42. The van der Waals surface area contributed by atoms with Gasteiger partial charge in [-0.3, -0.25) is 4.90 Å². The lowest BCUT2D eigenvalue weighted by atomic mass is 10.2. The zero-order valence-electron chi connectivity index (χ0n) is 14.7. The monoisotopic (exact) mass is 301 g/mol. The van der Waals surface area contributed by atoms with E-state index in [1.165, 1.54) is 30.4 Å². The van der Waals surface area contributed by atoms with Crippen LogP contribution in [0.3, 0.4) is 0 Å². The third kappa shape index (κ3) is 7.00. The van der Waals surface area contributed by atoms with Gasteiger partial charge in [-0.25, -0.2) is 0 Å². The van der Waals surface area contributed by atoms with Crippen LogP contribution in [0.25, 0.3) is 11.1 Å². The Bertz CT molecular complexity index is 480. The minimum absolute atomic E-state index is 0.768. The van der Waals surface area contributed by atoms with Gasteiger partial charge in [0, 0.05) is 12.0 Å². The number of benzene rings is 1. The van der Waals surface area contributed by atoms with Crippen molar-refractivity contribution in [2.45, 2.75) is 53.4 Å². The van der Waals surface area contributed by atoms with Crippen LogP contribution in [-0.4, -0.2) is 31.1 Å². The van der Waals surface area contributed by atoms with Crippen LogP contribution in [0.2, 0.25) is 0 Å². The van der Waals surface area contributed by atoms with Crippen molar-refractivity contribution in [1.82, 2.24) is 4.90 Å². The van der Waals surface area contributed by atoms with Gasteiger partial charge in [0.15, 0.2) is 0 Å². The SMILES string of the molecule is CCCCCC#CCN(CC)CC.CCOc1ccc2cc1-2. The summed E-state index contributed by atoms with van der Waals surface area (Å²) >= 11 is 0. The van der Waals surface area contributed by atoms with Gasteiger partial charge in [-0.05, 0) is 44.1 Å². The molecule has 0 spiro atoms. The van der Waals surface area contributed by atoms with Gasteiger partial charge in [0.05, 0.1) is 13.2 Å². The second-order valence-corrected chi connectivity index (χ2v) is 5.42. The van der Waals surface area contributed by atoms with Gasteiger partial charge in [-0.2, -0.15) is 0 Å². The molecular weight excluding hydrogens is 270 g/mol. The molecule has 0 heterocycles. The molecule has 0 atom stereocenters. The summed E-state index contributed by atoms with van der Waals surface area (Å²) in [5.41, 5.74) is 2.65. The summed E-state index contributed by atoms with van der Waals surface area (Å²) in [4.78, 5) is 2.34. The molecule has 0 saturated carbocycles. The highest BCUT2D eigenvalue weighted by Crippen LogP contribution is 2.43. The van der Waals surface area contributed by atoms with Crippen molar-refractivity contribution in [3.8, 4) is 28.7 Å². The molecule has 2 nitrogen and oxygen atoms in total. The first kappa shape index (κ1) is 18.6. The fourth-order valence-electron chi connectivity index (χ4n) is 2.17. The minimum atomic E-state index is 0.768. The highest BCUT2D eigenvalue weighted by molar-refractivity contribution is 5.87. The zero-order valence-corrected chi connectivity index (χ0v) is 14.7. The number of unbranched alkanes of at least 4 members (excludes halogenated alkanes) is 3. The maximum absolute atomic E-state index is 5.30. The fourth-order valence-corrected chi connectivity index (χ4v) is 2.17. The third-order valence-electron chi connectivity index (χ3n) is 3.73. The van der Waals surface area contributed by atoms with Crippen molar-refractivity contribution in [2.24, 2.45) is 0 Å². The lowest BCUT2D eigenvalue weighted by Crippen LogP contribution is -2.22. The van der Waals surface area contributed by atoms with E-state index in [2.05, 4.69) is 49.6 Å². The molecule has 0 aliphatic heterocycles. The Hall–Kier alpha value is -1.46. The van der Waals surface area contributed by atoms with Crippen LogP contribution < -0.4 is 4.74 Å². The number of hydrogen-bond acceptors (Lipinski definition) is 2. The van der Waals surface area contributed by atoms with Crippen LogP contribution in [0.4, 0.5) is 0 Å². The minimum Gasteiger partial charge on any atom is -0.493 e. The molecular formula is C20H31NO. The maximum Gasteiger partial charge on any atom is 0.127 e. The summed E-state index contributed by atoms with van der Waals surface area (Å²) in [5.74, 6) is 7.50. The summed E-state index contributed by atoms with van der Waals surface area (Å²) in [6, 6.07) is 6.24. The van der Waals surface area contributed by atoms with Gasteiger partial charge >= 0.3 is 0 Å². The van der Waals surface area contributed by atoms with E-state index >= 15 is 0 Å². The van der Waals surface area contributed by atoms with Crippen LogP contribution in [-0.2, 0) is 0 Å². The average Bonchev–Trinajstić information content (AvgIpc) is 3.22. The van der Waals surface area contributed by atoms with E-state index in [4.69, 9.17) is 4.74 Å². The molecule has 0 N–H and O–H groups in total. The summed E-state index contributed by atoms with van der Waals surface area (Å²) in [6.45, 7) is 12.5. The lowest BCUT2D eigenvalue weighted by molar-refractivity contribution is 0.342. The summed E-state index contributed by atoms with van der Waals surface area (Å²) in [5, 5.41) is 0. The van der Waals surface area contributed by atoms with Gasteiger partial charge < -0.3 is 4.74 Å². The molecule has 0 aromatic carbocycles. The third-order valence-corrected chi connectivity index (χ3v) is 3.73. The zero-order chi connectivity index (χ0) is 16.2. The van der Waals surface area contributed by atoms with Gasteiger partial charge in [0.2, 0.25) is 0 Å². The lowest BCUT2D eigenvalue weighted by Gasteiger charge is -2.13. The van der Waals surface area contributed by atoms with Gasteiger partial charge in [0.25, 0.3) is 0 Å². The molecule has 2 aliphatic carbocycles. The van der Waals surface area contributed by atoms with Crippen molar-refractivity contribution in [2.75, 3.05) is 26.2 Å². The van der Waals surface area contributed by atoms with Crippen molar-refractivity contribution < 1.29 is 4.74 Å². The molecule has 0 aromatic heterocycles. The molecule has 0 fully saturated rings. The standard InChI is InChI=1S/C12H23N.C8H8O/c1-4-7-8-9-10-11-12-13(5-2)6-3;1-2-9-8-4-3-6-5-7(6)8/h4-9,12H2,1-3H3;3-5H,2H2,1H3. The number of fused-ring (bicyclic) bond motifs is 1. The molecule has 2 aliphatic rings. The van der Waals surface area contributed by atoms with Gasteiger partial charge in [-0.15, -0.1) is 5.92 Å². The van der Waals surface area contributed by atoms with Gasteiger partial charge in [-0.1, -0.05) is 45.6 Å². The van der Waals surface area contributed by atoms with Crippen LogP contribution in [0, 0.1) is 11.8 Å². The van der Waals surface area contributed by atoms with Crippen molar-refractivity contribution >= 4 is 0 Å². The Morgan fingerprint density at radius 2 is 1.77 bits per heavy atom. The fraction of sp³-hybridized carbons (Fsp3) is 0.600. The van der Waals surface area contributed by atoms with Crippen molar-refractivity contribution in [3.05, 3.63) is 18.2 Å². The van der Waals surface area contributed by atoms with E-state index in [9.17, 15) is 0 Å². The average molecular weight is 301 g/mol. The number of nitrogens with zero attached hydrogens (tertiary/aromatic N) is 1. The summed E-state index contributed by atoms with van der Waals surface area (Å²) < 4.78 is 5.30. The molecule has 22 heavy (non-hydrogen) atoms. The van der Waals surface area contributed by atoms with E-state index in [1.807, 2.05) is 13.0 Å². The highest BCUT2D eigenvalue weighted by Gasteiger charge is 2.17. The van der Waals surface area contributed by atoms with E-state index in [0.717, 1.165) is 38.4 Å². The summed E-state index contributed by atoms with van der Waals surface area (Å²) in [7, 11) is 0. The Labute approximate surface area is 136 Å². The first-order valence-electron chi connectivity index (χ1n) is 8.72. The Balaban J connectivity index is 0.000000231. The Kier molecular flexibility index (Phi) is 9.42. The van der Waals surface area contributed by atoms with E-state index in [0.29, 0.717) is 0 Å². The van der Waals surface area contributed by atoms with Crippen LogP contribution in [0.15, 0.2) is 18.2 Å².